The number of aryl methyl sites for hydroxylation is 1. The van der Waals surface area contributed by atoms with Crippen LogP contribution < -0.4 is 10.5 Å². The lowest BCUT2D eigenvalue weighted by Gasteiger charge is -2.21. The SMILES string of the molecule is CN(c1cccc(-c2cnn(C)c2)c1)c1nc(=N)n(C=N)c2ccccc12. The van der Waals surface area contributed by atoms with Crippen molar-refractivity contribution in [2.24, 2.45) is 7.05 Å². The molecule has 7 nitrogen and oxygen atoms in total. The van der Waals surface area contributed by atoms with Crippen LogP contribution in [0, 0.1) is 10.8 Å². The van der Waals surface area contributed by atoms with Crippen LogP contribution >= 0.6 is 0 Å². The Bertz CT molecular complexity index is 1200. The minimum atomic E-state index is 0.0222. The summed E-state index contributed by atoms with van der Waals surface area (Å²) in [5.74, 6) is 0.678. The van der Waals surface area contributed by atoms with Crippen LogP contribution in [-0.2, 0) is 7.05 Å². The number of rotatable bonds is 4. The first-order valence-electron chi connectivity index (χ1n) is 8.48. The van der Waals surface area contributed by atoms with Crippen molar-refractivity contribution in [1.29, 1.82) is 10.8 Å². The second kappa shape index (κ2) is 6.53. The fourth-order valence-electron chi connectivity index (χ4n) is 3.17. The van der Waals surface area contributed by atoms with E-state index in [4.69, 9.17) is 10.8 Å². The summed E-state index contributed by atoms with van der Waals surface area (Å²) < 4.78 is 3.24. The van der Waals surface area contributed by atoms with Crippen molar-refractivity contribution in [2.75, 3.05) is 11.9 Å². The molecule has 4 aromatic rings. The molecule has 0 fully saturated rings. The molecule has 27 heavy (non-hydrogen) atoms. The smallest absolute Gasteiger partial charge is 0.229 e. The third kappa shape index (κ3) is 2.89. The Morgan fingerprint density at radius 1 is 1.07 bits per heavy atom. The number of anilines is 2. The van der Waals surface area contributed by atoms with Crippen LogP contribution in [0.25, 0.3) is 22.0 Å². The van der Waals surface area contributed by atoms with Crippen molar-refractivity contribution in [3.63, 3.8) is 0 Å². The number of para-hydroxylation sites is 1. The van der Waals surface area contributed by atoms with Crippen LogP contribution in [0.15, 0.2) is 60.9 Å². The zero-order chi connectivity index (χ0) is 19.0. The van der Waals surface area contributed by atoms with Gasteiger partial charge in [-0.3, -0.25) is 20.1 Å². The summed E-state index contributed by atoms with van der Waals surface area (Å²) in [4.78, 5) is 6.41. The Morgan fingerprint density at radius 3 is 2.63 bits per heavy atom. The van der Waals surface area contributed by atoms with Gasteiger partial charge in [-0.15, -0.1) is 0 Å². The van der Waals surface area contributed by atoms with Gasteiger partial charge in [0.2, 0.25) is 5.62 Å². The molecule has 134 valence electrons. The van der Waals surface area contributed by atoms with Gasteiger partial charge in [-0.25, -0.2) is 0 Å². The lowest BCUT2D eigenvalue weighted by atomic mass is 10.1. The number of hydrogen-bond donors (Lipinski definition) is 2. The summed E-state index contributed by atoms with van der Waals surface area (Å²) in [7, 11) is 3.83. The molecule has 0 aliphatic carbocycles. The largest absolute Gasteiger partial charge is 0.329 e. The van der Waals surface area contributed by atoms with E-state index in [9.17, 15) is 0 Å². The van der Waals surface area contributed by atoms with Gasteiger partial charge >= 0.3 is 0 Å². The standard InChI is InChI=1S/C20H19N7/c1-25-12-15(11-23-25)14-6-5-7-16(10-14)26(2)19-17-8-3-4-9-18(17)27(13-21)20(22)24-19/h3-13,21-22H,1-2H3. The minimum absolute atomic E-state index is 0.0222. The van der Waals surface area contributed by atoms with Gasteiger partial charge in [-0.05, 0) is 29.8 Å². The summed E-state index contributed by atoms with van der Waals surface area (Å²) in [6.45, 7) is 0. The van der Waals surface area contributed by atoms with Crippen molar-refractivity contribution in [3.8, 4) is 11.1 Å². The van der Waals surface area contributed by atoms with E-state index >= 15 is 0 Å². The topological polar surface area (TPSA) is 86.6 Å². The Morgan fingerprint density at radius 2 is 1.89 bits per heavy atom. The first-order chi connectivity index (χ1) is 13.1. The van der Waals surface area contributed by atoms with E-state index in [1.807, 2.05) is 73.9 Å². The highest BCUT2D eigenvalue weighted by atomic mass is 15.2. The Hall–Kier alpha value is -3.74. The molecule has 0 bridgehead atoms. The maximum atomic E-state index is 8.19. The quantitative estimate of drug-likeness (QED) is 0.434. The predicted octanol–water partition coefficient (Wildman–Crippen LogP) is 3.14. The minimum Gasteiger partial charge on any atom is -0.329 e. The first kappa shape index (κ1) is 16.7. The summed E-state index contributed by atoms with van der Waals surface area (Å²) in [5, 5.41) is 20.9. The predicted molar refractivity (Wildman–Crippen MR) is 106 cm³/mol. The number of nitrogens with one attached hydrogen (secondary N) is 2. The van der Waals surface area contributed by atoms with Gasteiger partial charge in [-0.1, -0.05) is 24.3 Å². The number of hydrogen-bond acceptors (Lipinski definition) is 5. The van der Waals surface area contributed by atoms with E-state index in [1.165, 1.54) is 4.57 Å². The van der Waals surface area contributed by atoms with E-state index in [1.54, 1.807) is 4.68 Å². The molecule has 2 N–H and O–H groups in total. The van der Waals surface area contributed by atoms with Gasteiger partial charge in [0.25, 0.3) is 0 Å². The second-order valence-electron chi connectivity index (χ2n) is 6.29. The molecule has 0 amide bonds. The number of benzene rings is 2. The van der Waals surface area contributed by atoms with Gasteiger partial charge in [0.15, 0.2) is 0 Å². The highest BCUT2D eigenvalue weighted by Gasteiger charge is 2.13. The monoisotopic (exact) mass is 357 g/mol. The van der Waals surface area contributed by atoms with Gasteiger partial charge in [0, 0.05) is 36.9 Å². The molecule has 2 aromatic carbocycles. The van der Waals surface area contributed by atoms with Crippen LogP contribution in [0.5, 0.6) is 0 Å². The Balaban J connectivity index is 1.86. The molecule has 0 radical (unpaired) electrons. The average Bonchev–Trinajstić information content (AvgIpc) is 3.13. The third-order valence-corrected chi connectivity index (χ3v) is 4.56. The summed E-state index contributed by atoms with van der Waals surface area (Å²) in [5.41, 5.74) is 3.86. The van der Waals surface area contributed by atoms with Crippen LogP contribution in [-0.4, -0.2) is 32.7 Å². The van der Waals surface area contributed by atoms with E-state index in [-0.39, 0.29) is 5.62 Å². The van der Waals surface area contributed by atoms with Crippen LogP contribution in [0.1, 0.15) is 0 Å². The molecule has 2 aromatic heterocycles. The molecule has 0 unspecified atom stereocenters. The average molecular weight is 357 g/mol. The molecule has 0 aliphatic rings. The van der Waals surface area contributed by atoms with Crippen molar-refractivity contribution >= 4 is 28.7 Å². The molecular formula is C20H19N7. The van der Waals surface area contributed by atoms with E-state index < -0.39 is 0 Å². The molecule has 0 aliphatic heterocycles. The summed E-state index contributed by atoms with van der Waals surface area (Å²) in [6, 6.07) is 15.8. The molecule has 0 atom stereocenters. The molecule has 7 heteroatoms. The van der Waals surface area contributed by atoms with Crippen molar-refractivity contribution < 1.29 is 0 Å². The molecule has 4 rings (SSSR count). The van der Waals surface area contributed by atoms with E-state index in [0.717, 1.165) is 34.1 Å². The number of nitrogens with zero attached hydrogens (tertiary/aromatic N) is 5. The summed E-state index contributed by atoms with van der Waals surface area (Å²) in [6.07, 6.45) is 4.93. The fourth-order valence-corrected chi connectivity index (χ4v) is 3.17. The number of fused-ring (bicyclic) bond motifs is 1. The van der Waals surface area contributed by atoms with Gasteiger partial charge < -0.3 is 4.90 Å². The normalized spacial score (nSPS) is 10.9. The molecule has 0 spiro atoms. The zero-order valence-corrected chi connectivity index (χ0v) is 15.1. The molecule has 2 heterocycles. The second-order valence-corrected chi connectivity index (χ2v) is 6.29. The van der Waals surface area contributed by atoms with Gasteiger partial charge in [0.05, 0.1) is 18.1 Å². The first-order valence-corrected chi connectivity index (χ1v) is 8.48. The highest BCUT2D eigenvalue weighted by Crippen LogP contribution is 2.30. The Kier molecular flexibility index (Phi) is 4.04. The van der Waals surface area contributed by atoms with Crippen LogP contribution in [0.3, 0.4) is 0 Å². The lowest BCUT2D eigenvalue weighted by Crippen LogP contribution is -2.26. The number of aromatic nitrogens is 4. The van der Waals surface area contributed by atoms with Crippen LogP contribution in [0.2, 0.25) is 0 Å². The van der Waals surface area contributed by atoms with Crippen molar-refractivity contribution in [1.82, 2.24) is 19.3 Å². The van der Waals surface area contributed by atoms with E-state index in [0.29, 0.717) is 5.82 Å². The maximum Gasteiger partial charge on any atom is 0.229 e. The third-order valence-electron chi connectivity index (χ3n) is 4.56. The van der Waals surface area contributed by atoms with Crippen molar-refractivity contribution in [3.05, 3.63) is 66.5 Å². The zero-order valence-electron chi connectivity index (χ0n) is 15.1. The summed E-state index contributed by atoms with van der Waals surface area (Å²) >= 11 is 0. The fraction of sp³-hybridized carbons (Fsp3) is 0.100. The van der Waals surface area contributed by atoms with Gasteiger partial charge in [-0.2, -0.15) is 10.1 Å². The Labute approximate surface area is 156 Å². The van der Waals surface area contributed by atoms with Crippen molar-refractivity contribution in [2.45, 2.75) is 0 Å². The van der Waals surface area contributed by atoms with E-state index in [2.05, 4.69) is 16.1 Å². The molecular weight excluding hydrogens is 338 g/mol. The van der Waals surface area contributed by atoms with Gasteiger partial charge in [0.1, 0.15) is 5.82 Å². The molecule has 0 saturated carbocycles. The highest BCUT2D eigenvalue weighted by molar-refractivity contribution is 5.94. The lowest BCUT2D eigenvalue weighted by molar-refractivity contribution is 0.768. The maximum absolute atomic E-state index is 8.19. The van der Waals surface area contributed by atoms with Crippen LogP contribution in [0.4, 0.5) is 11.5 Å². The molecule has 0 saturated heterocycles.